The van der Waals surface area contributed by atoms with Crippen molar-refractivity contribution in [3.8, 4) is 18.1 Å². The summed E-state index contributed by atoms with van der Waals surface area (Å²) in [5.74, 6) is 2.91. The molecule has 1 aromatic heterocycles. The van der Waals surface area contributed by atoms with E-state index in [1.54, 1.807) is 50.4 Å². The molecule has 0 aliphatic rings. The molecule has 8 heteroatoms. The Hall–Kier alpha value is -3.73. The molecule has 1 unspecified atom stereocenters. The fourth-order valence-electron chi connectivity index (χ4n) is 2.93. The van der Waals surface area contributed by atoms with Crippen LogP contribution in [0, 0.1) is 25.1 Å². The summed E-state index contributed by atoms with van der Waals surface area (Å²) in [5, 5.41) is 11.5. The van der Waals surface area contributed by atoms with E-state index in [0.29, 0.717) is 22.8 Å². The third-order valence-corrected chi connectivity index (χ3v) is 4.43. The first-order chi connectivity index (χ1) is 14.0. The monoisotopic (exact) mass is 393 g/mol. The Bertz CT molecular complexity index is 1030. The lowest BCUT2D eigenvalue weighted by Gasteiger charge is -2.24. The summed E-state index contributed by atoms with van der Waals surface area (Å²) in [6.45, 7) is 1.88. The van der Waals surface area contributed by atoms with Crippen molar-refractivity contribution < 1.29 is 13.9 Å². The highest BCUT2D eigenvalue weighted by atomic mass is 19.1. The molecule has 2 aromatic carbocycles. The molecule has 0 bridgehead atoms. The second kappa shape index (κ2) is 8.97. The number of terminal acetylenes is 1. The molecule has 1 heterocycles. The van der Waals surface area contributed by atoms with Gasteiger partial charge in [0, 0.05) is 19.2 Å². The smallest absolute Gasteiger partial charge is 0.252 e. The van der Waals surface area contributed by atoms with E-state index in [0.717, 1.165) is 0 Å². The summed E-state index contributed by atoms with van der Waals surface area (Å²) in [7, 11) is 1.66. The van der Waals surface area contributed by atoms with Gasteiger partial charge < -0.3 is 9.64 Å². The van der Waals surface area contributed by atoms with Crippen molar-refractivity contribution in [2.75, 3.05) is 18.6 Å². The van der Waals surface area contributed by atoms with E-state index < -0.39 is 6.04 Å². The minimum atomic E-state index is -0.728. The van der Waals surface area contributed by atoms with Gasteiger partial charge in [0.2, 0.25) is 0 Å². The van der Waals surface area contributed by atoms with Crippen LogP contribution in [0.3, 0.4) is 0 Å². The fraction of sp³-hybridized carbons (Fsp3) is 0.238. The van der Waals surface area contributed by atoms with Crippen LogP contribution in [0.4, 0.5) is 10.1 Å². The molecule has 1 amide bonds. The van der Waals surface area contributed by atoms with Crippen LogP contribution < -0.4 is 9.64 Å². The number of carbonyl (C=O) groups is 1. The van der Waals surface area contributed by atoms with Gasteiger partial charge >= 0.3 is 0 Å². The van der Waals surface area contributed by atoms with E-state index in [-0.39, 0.29) is 24.8 Å². The Morgan fingerprint density at radius 3 is 2.69 bits per heavy atom. The van der Waals surface area contributed by atoms with Gasteiger partial charge in [-0.3, -0.25) is 4.79 Å². The number of tetrazole rings is 1. The summed E-state index contributed by atoms with van der Waals surface area (Å²) in [6, 6.07) is 12.4. The number of rotatable bonds is 7. The van der Waals surface area contributed by atoms with Crippen molar-refractivity contribution in [3.05, 3.63) is 65.7 Å². The topological polar surface area (TPSA) is 73.1 Å². The van der Waals surface area contributed by atoms with Gasteiger partial charge in [0.15, 0.2) is 0 Å². The van der Waals surface area contributed by atoms with Gasteiger partial charge in [0.25, 0.3) is 5.91 Å². The van der Waals surface area contributed by atoms with E-state index in [1.165, 1.54) is 21.7 Å². The second-order valence-electron chi connectivity index (χ2n) is 6.40. The molecule has 0 radical (unpaired) electrons. The first-order valence-electron chi connectivity index (χ1n) is 8.92. The van der Waals surface area contributed by atoms with Gasteiger partial charge in [0.1, 0.15) is 30.0 Å². The predicted molar refractivity (Wildman–Crippen MR) is 106 cm³/mol. The number of halogens is 1. The Morgan fingerprint density at radius 2 is 2.07 bits per heavy atom. The summed E-state index contributed by atoms with van der Waals surface area (Å²) >= 11 is 0. The quantitative estimate of drug-likeness (QED) is 0.577. The predicted octanol–water partition coefficient (Wildman–Crippen LogP) is 2.58. The molecule has 0 spiro atoms. The first-order valence-corrected chi connectivity index (χ1v) is 8.92. The zero-order valence-electron chi connectivity index (χ0n) is 16.1. The van der Waals surface area contributed by atoms with Gasteiger partial charge in [-0.2, -0.15) is 0 Å². The maximum Gasteiger partial charge on any atom is 0.252 e. The number of amides is 1. The highest BCUT2D eigenvalue weighted by Crippen LogP contribution is 2.23. The Morgan fingerprint density at radius 1 is 1.31 bits per heavy atom. The number of aromatic nitrogens is 4. The Kier molecular flexibility index (Phi) is 6.19. The molecular weight excluding hydrogens is 373 g/mol. The zero-order chi connectivity index (χ0) is 20.8. The van der Waals surface area contributed by atoms with E-state index in [9.17, 15) is 9.18 Å². The highest BCUT2D eigenvalue weighted by Gasteiger charge is 2.28. The highest BCUT2D eigenvalue weighted by molar-refractivity contribution is 5.95. The molecule has 29 heavy (non-hydrogen) atoms. The molecule has 148 valence electrons. The third-order valence-electron chi connectivity index (χ3n) is 4.43. The van der Waals surface area contributed by atoms with Crippen molar-refractivity contribution in [1.29, 1.82) is 0 Å². The Balaban J connectivity index is 1.86. The maximum atomic E-state index is 13.6. The average Bonchev–Trinajstić information content (AvgIpc) is 3.15. The van der Waals surface area contributed by atoms with Gasteiger partial charge in [-0.05, 0) is 59.3 Å². The lowest BCUT2D eigenvalue weighted by molar-refractivity contribution is -0.121. The molecule has 0 saturated heterocycles. The lowest BCUT2D eigenvalue weighted by atomic mass is 10.0. The largest absolute Gasteiger partial charge is 0.481 e. The molecule has 0 N–H and O–H groups in total. The van der Waals surface area contributed by atoms with Gasteiger partial charge in [-0.1, -0.05) is 18.1 Å². The number of benzene rings is 2. The standard InChI is InChI=1S/C21H20FN5O2/c1-4-12-29-19-10-8-18(9-11-19)26(3)21(28)20(27-15(2)23-24-25-27)14-16-6-5-7-17(22)13-16/h1,5-11,13,20H,12,14H2,2-3H3. The molecule has 1 atom stereocenters. The van der Waals surface area contributed by atoms with Gasteiger partial charge in [-0.25, -0.2) is 9.07 Å². The number of hydrogen-bond donors (Lipinski definition) is 0. The molecule has 3 rings (SSSR count). The summed E-state index contributed by atoms with van der Waals surface area (Å²) in [5.41, 5.74) is 1.34. The molecule has 0 aliphatic carbocycles. The minimum absolute atomic E-state index is 0.169. The van der Waals surface area contributed by atoms with Crippen LogP contribution >= 0.6 is 0 Å². The molecular formula is C21H20FN5O2. The van der Waals surface area contributed by atoms with Crippen molar-refractivity contribution in [2.24, 2.45) is 0 Å². The number of hydrogen-bond acceptors (Lipinski definition) is 5. The first kappa shape index (κ1) is 20.0. The van der Waals surface area contributed by atoms with E-state index in [4.69, 9.17) is 11.2 Å². The van der Waals surface area contributed by atoms with Gasteiger partial charge in [0.05, 0.1) is 0 Å². The van der Waals surface area contributed by atoms with Crippen molar-refractivity contribution in [1.82, 2.24) is 20.2 Å². The van der Waals surface area contributed by atoms with Crippen LogP contribution in [-0.2, 0) is 11.2 Å². The molecule has 0 aliphatic heterocycles. The minimum Gasteiger partial charge on any atom is -0.481 e. The van der Waals surface area contributed by atoms with E-state index >= 15 is 0 Å². The SMILES string of the molecule is C#CCOc1ccc(N(C)C(=O)C(Cc2cccc(F)c2)n2nnnc2C)cc1. The number of aryl methyl sites for hydroxylation is 1. The zero-order valence-corrected chi connectivity index (χ0v) is 16.1. The van der Waals surface area contributed by atoms with Crippen LogP contribution in [0.1, 0.15) is 17.4 Å². The fourth-order valence-corrected chi connectivity index (χ4v) is 2.93. The number of nitrogens with zero attached hydrogens (tertiary/aromatic N) is 5. The maximum absolute atomic E-state index is 13.6. The van der Waals surface area contributed by atoms with E-state index in [2.05, 4.69) is 21.4 Å². The number of ether oxygens (including phenoxy) is 1. The molecule has 0 fully saturated rings. The summed E-state index contributed by atoms with van der Waals surface area (Å²) in [6.07, 6.45) is 5.44. The van der Waals surface area contributed by atoms with Crippen LogP contribution in [0.2, 0.25) is 0 Å². The average molecular weight is 393 g/mol. The van der Waals surface area contributed by atoms with Crippen LogP contribution in [0.15, 0.2) is 48.5 Å². The van der Waals surface area contributed by atoms with Crippen LogP contribution in [0.25, 0.3) is 0 Å². The van der Waals surface area contributed by atoms with Crippen molar-refractivity contribution in [3.63, 3.8) is 0 Å². The van der Waals surface area contributed by atoms with E-state index in [1.807, 2.05) is 0 Å². The number of likely N-dealkylation sites (N-methyl/N-ethyl adjacent to an activating group) is 1. The third kappa shape index (κ3) is 4.76. The Labute approximate surface area is 168 Å². The number of carbonyl (C=O) groups excluding carboxylic acids is 1. The molecule has 7 nitrogen and oxygen atoms in total. The summed E-state index contributed by atoms with van der Waals surface area (Å²) < 4.78 is 20.4. The second-order valence-corrected chi connectivity index (χ2v) is 6.40. The summed E-state index contributed by atoms with van der Waals surface area (Å²) in [4.78, 5) is 14.8. The molecule has 0 saturated carbocycles. The van der Waals surface area contributed by atoms with Crippen LogP contribution in [-0.4, -0.2) is 39.8 Å². The van der Waals surface area contributed by atoms with Gasteiger partial charge in [-0.15, -0.1) is 11.5 Å². The molecule has 3 aromatic rings. The van der Waals surface area contributed by atoms with Crippen molar-refractivity contribution >= 4 is 11.6 Å². The lowest BCUT2D eigenvalue weighted by Crippen LogP contribution is -2.36. The van der Waals surface area contributed by atoms with Crippen molar-refractivity contribution in [2.45, 2.75) is 19.4 Å². The van der Waals surface area contributed by atoms with Crippen LogP contribution in [0.5, 0.6) is 5.75 Å². The number of anilines is 1. The normalized spacial score (nSPS) is 11.5.